The maximum absolute atomic E-state index is 13.9. The average Bonchev–Trinajstić information content (AvgIpc) is 2.35. The predicted molar refractivity (Wildman–Crippen MR) is 70.3 cm³/mol. The minimum absolute atomic E-state index is 0.0349. The van der Waals surface area contributed by atoms with Crippen LogP contribution in [0.25, 0.3) is 0 Å². The molecule has 0 bridgehead atoms. The van der Waals surface area contributed by atoms with Crippen LogP contribution >= 0.6 is 15.9 Å². The molecule has 0 spiro atoms. The minimum atomic E-state index is -0.498. The van der Waals surface area contributed by atoms with E-state index in [0.29, 0.717) is 17.9 Å². The molecule has 0 radical (unpaired) electrons. The van der Waals surface area contributed by atoms with Crippen LogP contribution in [0.5, 0.6) is 11.6 Å². The van der Waals surface area contributed by atoms with Crippen LogP contribution in [-0.4, -0.2) is 9.97 Å². The molecule has 2 aromatic rings. The molecule has 0 N–H and O–H groups in total. The number of ether oxygens (including phenoxy) is 1. The number of aryl methyl sites for hydroxylation is 2. The van der Waals surface area contributed by atoms with Crippen molar-refractivity contribution in [2.24, 2.45) is 0 Å². The molecule has 0 aliphatic heterocycles. The van der Waals surface area contributed by atoms with E-state index in [-0.39, 0.29) is 5.88 Å². The summed E-state index contributed by atoms with van der Waals surface area (Å²) in [5.74, 6) is 0.0486. The van der Waals surface area contributed by atoms with E-state index >= 15 is 0 Å². The third kappa shape index (κ3) is 2.67. The van der Waals surface area contributed by atoms with Gasteiger partial charge in [-0.25, -0.2) is 4.98 Å². The van der Waals surface area contributed by atoms with E-state index < -0.39 is 5.82 Å². The summed E-state index contributed by atoms with van der Waals surface area (Å²) in [4.78, 5) is 7.69. The van der Waals surface area contributed by atoms with Crippen molar-refractivity contribution in [1.29, 1.82) is 0 Å². The molecule has 2 rings (SSSR count). The third-order valence-corrected chi connectivity index (χ3v) is 3.00. The van der Waals surface area contributed by atoms with Crippen LogP contribution in [-0.2, 0) is 6.42 Å². The lowest BCUT2D eigenvalue weighted by Gasteiger charge is -2.09. The molecule has 0 aliphatic rings. The van der Waals surface area contributed by atoms with Gasteiger partial charge in [0.05, 0.1) is 5.69 Å². The van der Waals surface area contributed by atoms with Gasteiger partial charge < -0.3 is 4.74 Å². The second-order valence-electron chi connectivity index (χ2n) is 3.80. The highest BCUT2D eigenvalue weighted by Crippen LogP contribution is 2.28. The van der Waals surface area contributed by atoms with E-state index in [0.717, 1.165) is 10.0 Å². The van der Waals surface area contributed by atoms with Gasteiger partial charge in [0.2, 0.25) is 5.82 Å². The molecule has 1 aromatic heterocycles. The lowest BCUT2D eigenvalue weighted by atomic mass is 10.2. The zero-order valence-electron chi connectivity index (χ0n) is 10.1. The standard InChI is InChI=1S/C13H12BrFN2O/c1-3-10-12(15)13(17-7-16-10)18-11-5-4-9(14)6-8(11)2/h4-7H,3H2,1-2H3. The van der Waals surface area contributed by atoms with Gasteiger partial charge in [0.15, 0.2) is 0 Å². The topological polar surface area (TPSA) is 35.0 Å². The summed E-state index contributed by atoms with van der Waals surface area (Å²) < 4.78 is 20.3. The molecule has 0 saturated carbocycles. The maximum atomic E-state index is 13.9. The number of benzene rings is 1. The molecule has 0 atom stereocenters. The second kappa shape index (κ2) is 5.44. The van der Waals surface area contributed by atoms with Crippen LogP contribution in [0.1, 0.15) is 18.2 Å². The van der Waals surface area contributed by atoms with Gasteiger partial charge in [0.1, 0.15) is 12.1 Å². The molecular weight excluding hydrogens is 299 g/mol. The Bertz CT molecular complexity index is 575. The van der Waals surface area contributed by atoms with Crippen LogP contribution in [0.2, 0.25) is 0 Å². The Kier molecular flexibility index (Phi) is 3.91. The number of nitrogens with zero attached hydrogens (tertiary/aromatic N) is 2. The second-order valence-corrected chi connectivity index (χ2v) is 4.72. The highest BCUT2D eigenvalue weighted by Gasteiger charge is 2.12. The van der Waals surface area contributed by atoms with Crippen molar-refractivity contribution in [2.45, 2.75) is 20.3 Å². The van der Waals surface area contributed by atoms with Crippen LogP contribution in [0.15, 0.2) is 29.0 Å². The Hall–Kier alpha value is -1.49. The van der Waals surface area contributed by atoms with Crippen LogP contribution in [0, 0.1) is 12.7 Å². The van der Waals surface area contributed by atoms with Gasteiger partial charge in [-0.2, -0.15) is 9.37 Å². The molecule has 0 unspecified atom stereocenters. The Morgan fingerprint density at radius 3 is 2.78 bits per heavy atom. The van der Waals surface area contributed by atoms with Crippen LogP contribution < -0.4 is 4.74 Å². The predicted octanol–water partition coefficient (Wildman–Crippen LogP) is 4.04. The van der Waals surface area contributed by atoms with Gasteiger partial charge in [0.25, 0.3) is 5.88 Å². The van der Waals surface area contributed by atoms with Gasteiger partial charge >= 0.3 is 0 Å². The van der Waals surface area contributed by atoms with E-state index in [2.05, 4.69) is 25.9 Å². The normalized spacial score (nSPS) is 10.4. The largest absolute Gasteiger partial charge is 0.436 e. The lowest BCUT2D eigenvalue weighted by molar-refractivity contribution is 0.413. The van der Waals surface area contributed by atoms with Crippen LogP contribution in [0.4, 0.5) is 4.39 Å². The smallest absolute Gasteiger partial charge is 0.259 e. The van der Waals surface area contributed by atoms with Crippen molar-refractivity contribution in [2.75, 3.05) is 0 Å². The van der Waals surface area contributed by atoms with Gasteiger partial charge in [-0.3, -0.25) is 0 Å². The third-order valence-electron chi connectivity index (χ3n) is 2.51. The number of rotatable bonds is 3. The fourth-order valence-electron chi connectivity index (χ4n) is 1.54. The number of aromatic nitrogens is 2. The first-order chi connectivity index (χ1) is 8.61. The number of hydrogen-bond acceptors (Lipinski definition) is 3. The van der Waals surface area contributed by atoms with Gasteiger partial charge in [-0.05, 0) is 37.1 Å². The van der Waals surface area contributed by atoms with Crippen molar-refractivity contribution in [3.8, 4) is 11.6 Å². The minimum Gasteiger partial charge on any atom is -0.436 e. The zero-order valence-corrected chi connectivity index (χ0v) is 11.7. The van der Waals surface area contributed by atoms with Crippen molar-refractivity contribution in [1.82, 2.24) is 9.97 Å². The quantitative estimate of drug-likeness (QED) is 0.858. The highest BCUT2D eigenvalue weighted by atomic mass is 79.9. The molecule has 94 valence electrons. The molecule has 1 heterocycles. The molecule has 3 nitrogen and oxygen atoms in total. The van der Waals surface area contributed by atoms with Crippen molar-refractivity contribution < 1.29 is 9.13 Å². The van der Waals surface area contributed by atoms with E-state index in [9.17, 15) is 4.39 Å². The van der Waals surface area contributed by atoms with Crippen molar-refractivity contribution in [3.05, 3.63) is 46.1 Å². The van der Waals surface area contributed by atoms with Gasteiger partial charge in [-0.1, -0.05) is 22.9 Å². The Morgan fingerprint density at radius 1 is 1.33 bits per heavy atom. The van der Waals surface area contributed by atoms with Crippen molar-refractivity contribution in [3.63, 3.8) is 0 Å². The van der Waals surface area contributed by atoms with E-state index in [4.69, 9.17) is 4.74 Å². The molecule has 0 aliphatic carbocycles. The lowest BCUT2D eigenvalue weighted by Crippen LogP contribution is -2.00. The molecule has 0 amide bonds. The van der Waals surface area contributed by atoms with E-state index in [1.165, 1.54) is 6.33 Å². The Morgan fingerprint density at radius 2 is 2.11 bits per heavy atom. The highest BCUT2D eigenvalue weighted by molar-refractivity contribution is 9.10. The molecule has 0 saturated heterocycles. The zero-order chi connectivity index (χ0) is 13.1. The summed E-state index contributed by atoms with van der Waals surface area (Å²) in [6.45, 7) is 3.72. The summed E-state index contributed by atoms with van der Waals surface area (Å²) in [6, 6.07) is 5.50. The first kappa shape index (κ1) is 13.0. The first-order valence-corrected chi connectivity index (χ1v) is 6.34. The fourth-order valence-corrected chi connectivity index (χ4v) is 2.01. The molecule has 5 heteroatoms. The van der Waals surface area contributed by atoms with Gasteiger partial charge in [0, 0.05) is 4.47 Å². The molecular formula is C13H12BrFN2O. The summed E-state index contributed by atoms with van der Waals surface area (Å²) in [5, 5.41) is 0. The monoisotopic (exact) mass is 310 g/mol. The summed E-state index contributed by atoms with van der Waals surface area (Å²) in [6.07, 6.45) is 1.81. The number of hydrogen-bond donors (Lipinski definition) is 0. The average molecular weight is 311 g/mol. The molecule has 0 fully saturated rings. The van der Waals surface area contributed by atoms with Crippen LogP contribution in [0.3, 0.4) is 0 Å². The summed E-state index contributed by atoms with van der Waals surface area (Å²) in [7, 11) is 0. The Balaban J connectivity index is 2.34. The van der Waals surface area contributed by atoms with Crippen molar-refractivity contribution >= 4 is 15.9 Å². The number of halogens is 2. The van der Waals surface area contributed by atoms with E-state index in [1.807, 2.05) is 26.0 Å². The first-order valence-electron chi connectivity index (χ1n) is 5.55. The SMILES string of the molecule is CCc1ncnc(Oc2ccc(Br)cc2C)c1F. The maximum Gasteiger partial charge on any atom is 0.259 e. The Labute approximate surface area is 113 Å². The van der Waals surface area contributed by atoms with E-state index in [1.54, 1.807) is 6.07 Å². The summed E-state index contributed by atoms with van der Waals surface area (Å²) >= 11 is 3.36. The molecule has 18 heavy (non-hydrogen) atoms. The fraction of sp³-hybridized carbons (Fsp3) is 0.231. The molecule has 1 aromatic carbocycles. The summed E-state index contributed by atoms with van der Waals surface area (Å²) in [5.41, 5.74) is 1.26. The van der Waals surface area contributed by atoms with Gasteiger partial charge in [-0.15, -0.1) is 0 Å².